The molecule has 3 aliphatic rings. The normalized spacial score (nSPS) is 42.3. The molecule has 0 spiro atoms. The molecule has 3 rings (SSSR count). The number of ether oxygens (including phenoxy) is 1. The summed E-state index contributed by atoms with van der Waals surface area (Å²) >= 11 is 0. The molecule has 184 valence electrons. The van der Waals surface area contributed by atoms with E-state index >= 15 is 0 Å². The summed E-state index contributed by atoms with van der Waals surface area (Å²) in [5, 5.41) is 45.0. The Balaban J connectivity index is 1.78. The zero-order valence-corrected chi connectivity index (χ0v) is 19.6. The number of hydrogen-bond acceptors (Lipinski definition) is 7. The zero-order chi connectivity index (χ0) is 24.0. The quantitative estimate of drug-likeness (QED) is 0.322. The third-order valence-corrected chi connectivity index (χ3v) is 7.03. The average Bonchev–Trinajstić information content (AvgIpc) is 2.80. The van der Waals surface area contributed by atoms with Crippen LogP contribution in [0.5, 0.6) is 0 Å². The van der Waals surface area contributed by atoms with E-state index in [1.165, 1.54) is 12.5 Å². The topological polar surface area (TPSA) is 119 Å². The summed E-state index contributed by atoms with van der Waals surface area (Å²) in [5.41, 5.74) is 0.890. The van der Waals surface area contributed by atoms with Crippen LogP contribution in [0.15, 0.2) is 48.2 Å². The fraction of sp³-hybridized carbons (Fsp3) is 0.654. The SMILES string of the molecule is CC1OC(=O)[C@@H]2C(O)C=C(NCC3C=CCCC3)CC2/C=C/C[C@H](O)[C@H](O)C(O)/C=C\[C@H]1C. The smallest absolute Gasteiger partial charge is 0.312 e. The minimum atomic E-state index is -1.33. The number of cyclic esters (lactones) is 1. The van der Waals surface area contributed by atoms with Crippen LogP contribution in [0, 0.1) is 23.7 Å². The molecule has 0 bridgehead atoms. The summed E-state index contributed by atoms with van der Waals surface area (Å²) in [6, 6.07) is 0. The number of carbonyl (C=O) groups is 1. The molecular weight excluding hydrogens is 422 g/mol. The van der Waals surface area contributed by atoms with E-state index in [9.17, 15) is 25.2 Å². The molecule has 1 aliphatic heterocycles. The van der Waals surface area contributed by atoms with Gasteiger partial charge >= 0.3 is 5.97 Å². The molecule has 2 aliphatic carbocycles. The summed E-state index contributed by atoms with van der Waals surface area (Å²) in [6.45, 7) is 4.38. The predicted octanol–water partition coefficient (Wildman–Crippen LogP) is 1.98. The Morgan fingerprint density at radius 2 is 1.82 bits per heavy atom. The lowest BCUT2D eigenvalue weighted by atomic mass is 9.79. The van der Waals surface area contributed by atoms with Gasteiger partial charge in [-0.25, -0.2) is 0 Å². The van der Waals surface area contributed by atoms with Crippen LogP contribution in [0.4, 0.5) is 0 Å². The number of hydrogen-bond donors (Lipinski definition) is 5. The van der Waals surface area contributed by atoms with Crippen molar-refractivity contribution in [2.45, 2.75) is 76.5 Å². The summed E-state index contributed by atoms with van der Waals surface area (Å²) < 4.78 is 5.68. The van der Waals surface area contributed by atoms with E-state index in [-0.39, 0.29) is 18.3 Å². The summed E-state index contributed by atoms with van der Waals surface area (Å²) in [6.07, 6.45) is 11.7. The Bertz CT molecular complexity index is 775. The summed E-state index contributed by atoms with van der Waals surface area (Å²) in [5.74, 6) is -1.30. The number of esters is 1. The molecule has 0 fully saturated rings. The van der Waals surface area contributed by atoms with Crippen molar-refractivity contribution in [3.8, 4) is 0 Å². The highest BCUT2D eigenvalue weighted by molar-refractivity contribution is 5.75. The van der Waals surface area contributed by atoms with Gasteiger partial charge in [-0.2, -0.15) is 0 Å². The van der Waals surface area contributed by atoms with Crippen molar-refractivity contribution in [3.63, 3.8) is 0 Å². The Labute approximate surface area is 196 Å². The molecule has 0 amide bonds. The van der Waals surface area contributed by atoms with E-state index in [0.717, 1.165) is 25.1 Å². The first kappa shape index (κ1) is 25.7. The number of aliphatic hydroxyl groups excluding tert-OH is 4. The van der Waals surface area contributed by atoms with Crippen LogP contribution in [0.3, 0.4) is 0 Å². The van der Waals surface area contributed by atoms with Crippen LogP contribution < -0.4 is 5.32 Å². The maximum Gasteiger partial charge on any atom is 0.312 e. The number of allylic oxidation sites excluding steroid dienone is 3. The van der Waals surface area contributed by atoms with Gasteiger partial charge in [0, 0.05) is 18.2 Å². The van der Waals surface area contributed by atoms with Gasteiger partial charge in [-0.1, -0.05) is 43.4 Å². The highest BCUT2D eigenvalue weighted by Crippen LogP contribution is 2.33. The first-order valence-electron chi connectivity index (χ1n) is 12.1. The van der Waals surface area contributed by atoms with Crippen LogP contribution in [0.25, 0.3) is 0 Å². The monoisotopic (exact) mass is 461 g/mol. The fourth-order valence-electron chi connectivity index (χ4n) is 4.65. The van der Waals surface area contributed by atoms with Gasteiger partial charge in [0.15, 0.2) is 0 Å². The van der Waals surface area contributed by atoms with Crippen molar-refractivity contribution in [1.82, 2.24) is 5.32 Å². The van der Waals surface area contributed by atoms with Gasteiger partial charge in [0.25, 0.3) is 0 Å². The number of aliphatic hydroxyl groups is 4. The van der Waals surface area contributed by atoms with Gasteiger partial charge in [0.05, 0.1) is 18.1 Å². The van der Waals surface area contributed by atoms with Gasteiger partial charge in [-0.05, 0) is 56.9 Å². The van der Waals surface area contributed by atoms with Gasteiger partial charge in [-0.3, -0.25) is 4.79 Å². The molecule has 5 unspecified atom stereocenters. The first-order valence-corrected chi connectivity index (χ1v) is 12.1. The molecule has 7 nitrogen and oxygen atoms in total. The van der Waals surface area contributed by atoms with Crippen LogP contribution in [0.1, 0.15) is 46.0 Å². The standard InChI is InChI=1S/C26H39NO6/c1-16-11-12-22(29)25(31)21(28)10-6-9-19-13-20(27-15-18-7-4-3-5-8-18)14-23(30)24(19)26(32)33-17(16)2/h4,6-7,9,11-12,14,16-19,21-25,27-31H,3,5,8,10,13,15H2,1-2H3/b9-6+,12-11-/t16-,17?,18?,19?,21+,22?,23?,24+,25+/m1/s1. The van der Waals surface area contributed by atoms with E-state index in [0.29, 0.717) is 12.3 Å². The maximum absolute atomic E-state index is 13.0. The van der Waals surface area contributed by atoms with Gasteiger partial charge < -0.3 is 30.5 Å². The number of carbonyl (C=O) groups excluding carboxylic acids is 1. The van der Waals surface area contributed by atoms with Crippen molar-refractivity contribution in [3.05, 3.63) is 48.2 Å². The zero-order valence-electron chi connectivity index (χ0n) is 19.6. The van der Waals surface area contributed by atoms with E-state index in [1.54, 1.807) is 25.2 Å². The molecule has 0 aromatic rings. The number of nitrogens with one attached hydrogen (secondary N) is 1. The summed E-state index contributed by atoms with van der Waals surface area (Å²) in [4.78, 5) is 13.0. The largest absolute Gasteiger partial charge is 0.462 e. The lowest BCUT2D eigenvalue weighted by Gasteiger charge is -2.34. The molecule has 1 heterocycles. The Morgan fingerprint density at radius 1 is 1.03 bits per heavy atom. The van der Waals surface area contributed by atoms with Crippen LogP contribution in [-0.4, -0.2) is 63.5 Å². The lowest BCUT2D eigenvalue weighted by Crippen LogP contribution is -2.41. The molecule has 0 saturated carbocycles. The Kier molecular flexibility index (Phi) is 9.32. The van der Waals surface area contributed by atoms with E-state index < -0.39 is 42.4 Å². The molecule has 5 N–H and O–H groups in total. The molecule has 0 radical (unpaired) electrons. The second-order valence-corrected chi connectivity index (χ2v) is 9.67. The predicted molar refractivity (Wildman–Crippen MR) is 126 cm³/mol. The minimum Gasteiger partial charge on any atom is -0.462 e. The fourth-order valence-corrected chi connectivity index (χ4v) is 4.65. The highest BCUT2D eigenvalue weighted by atomic mass is 16.5. The number of fused-ring (bicyclic) bond motifs is 1. The molecule has 0 saturated heterocycles. The molecule has 33 heavy (non-hydrogen) atoms. The second-order valence-electron chi connectivity index (χ2n) is 9.67. The van der Waals surface area contributed by atoms with Gasteiger partial charge in [0.1, 0.15) is 18.3 Å². The highest BCUT2D eigenvalue weighted by Gasteiger charge is 2.39. The second kappa shape index (κ2) is 12.0. The maximum atomic E-state index is 13.0. The Morgan fingerprint density at radius 3 is 2.55 bits per heavy atom. The number of rotatable bonds is 3. The van der Waals surface area contributed by atoms with E-state index in [1.807, 2.05) is 13.0 Å². The van der Waals surface area contributed by atoms with Crippen molar-refractivity contribution >= 4 is 5.97 Å². The van der Waals surface area contributed by atoms with E-state index in [2.05, 4.69) is 17.5 Å². The van der Waals surface area contributed by atoms with E-state index in [4.69, 9.17) is 4.74 Å². The van der Waals surface area contributed by atoms with Crippen LogP contribution in [-0.2, 0) is 9.53 Å². The van der Waals surface area contributed by atoms with Crippen molar-refractivity contribution in [2.24, 2.45) is 23.7 Å². The van der Waals surface area contributed by atoms with Crippen molar-refractivity contribution in [2.75, 3.05) is 6.54 Å². The third-order valence-electron chi connectivity index (χ3n) is 7.03. The van der Waals surface area contributed by atoms with Crippen LogP contribution >= 0.6 is 0 Å². The van der Waals surface area contributed by atoms with Crippen molar-refractivity contribution in [1.29, 1.82) is 0 Å². The van der Waals surface area contributed by atoms with Gasteiger partial charge in [0.2, 0.25) is 0 Å². The molecule has 9 atom stereocenters. The average molecular weight is 462 g/mol. The third kappa shape index (κ3) is 7.03. The molecule has 7 heteroatoms. The Hall–Kier alpha value is -1.93. The van der Waals surface area contributed by atoms with Gasteiger partial charge in [-0.15, -0.1) is 0 Å². The molecule has 0 aromatic heterocycles. The lowest BCUT2D eigenvalue weighted by molar-refractivity contribution is -0.160. The first-order chi connectivity index (χ1) is 15.8. The minimum absolute atomic E-state index is 0.117. The molecule has 0 aromatic carbocycles. The summed E-state index contributed by atoms with van der Waals surface area (Å²) in [7, 11) is 0. The van der Waals surface area contributed by atoms with Crippen LogP contribution in [0.2, 0.25) is 0 Å². The molecular formula is C26H39NO6. The van der Waals surface area contributed by atoms with Crippen molar-refractivity contribution < 1.29 is 30.0 Å².